The minimum Gasteiger partial charge on any atom is -0.337 e. The van der Waals surface area contributed by atoms with E-state index in [4.69, 9.17) is 4.98 Å². The van der Waals surface area contributed by atoms with Crippen LogP contribution in [0.15, 0.2) is 67.6 Å². The second kappa shape index (κ2) is 6.77. The number of hydrogen-bond donors (Lipinski definition) is 2. The number of fused-ring (bicyclic) bond motifs is 2. The fraction of sp³-hybridized carbons (Fsp3) is 0. The standard InChI is InChI=1S/C22H13FN8/c23-16-7-13(14-9-25-11-26-10-14)6-15-19(16)30-31-20(15)22-28-17-3-5-27-18(21(17)29-22)12-2-1-4-24-8-12/h1-11H,(H,28,29)(H,30,31). The maximum Gasteiger partial charge on any atom is 0.157 e. The average Bonchev–Trinajstić information content (AvgIpc) is 3.44. The van der Waals surface area contributed by atoms with Gasteiger partial charge in [0.25, 0.3) is 0 Å². The number of imidazole rings is 1. The number of nitrogens with one attached hydrogen (secondary N) is 2. The highest BCUT2D eigenvalue weighted by Crippen LogP contribution is 2.33. The Morgan fingerprint density at radius 1 is 0.839 bits per heavy atom. The predicted octanol–water partition coefficient (Wildman–Crippen LogP) is 4.16. The molecule has 9 heteroatoms. The van der Waals surface area contributed by atoms with Gasteiger partial charge in [-0.15, -0.1) is 0 Å². The molecule has 6 aromatic rings. The Morgan fingerprint density at radius 2 is 1.71 bits per heavy atom. The third-order valence-corrected chi connectivity index (χ3v) is 5.08. The quantitative estimate of drug-likeness (QED) is 0.455. The summed E-state index contributed by atoms with van der Waals surface area (Å²) in [5, 5.41) is 7.69. The summed E-state index contributed by atoms with van der Waals surface area (Å²) in [6.07, 6.45) is 9.88. The minimum atomic E-state index is -0.437. The molecule has 0 saturated heterocycles. The van der Waals surface area contributed by atoms with Gasteiger partial charge in [0.05, 0.1) is 11.2 Å². The highest BCUT2D eigenvalue weighted by molar-refractivity contribution is 5.97. The van der Waals surface area contributed by atoms with Gasteiger partial charge in [-0.2, -0.15) is 5.10 Å². The molecule has 0 saturated carbocycles. The maximum absolute atomic E-state index is 14.8. The molecular formula is C22H13FN8. The van der Waals surface area contributed by atoms with Crippen LogP contribution in [-0.2, 0) is 0 Å². The van der Waals surface area contributed by atoms with E-state index in [1.54, 1.807) is 31.0 Å². The molecule has 0 fully saturated rings. The molecule has 0 unspecified atom stereocenters. The lowest BCUT2D eigenvalue weighted by atomic mass is 10.1. The second-order valence-corrected chi connectivity index (χ2v) is 6.96. The zero-order chi connectivity index (χ0) is 20.8. The van der Waals surface area contributed by atoms with Crippen molar-refractivity contribution in [3.05, 3.63) is 73.5 Å². The molecule has 0 amide bonds. The molecule has 0 bridgehead atoms. The number of hydrogen-bond acceptors (Lipinski definition) is 6. The van der Waals surface area contributed by atoms with Crippen molar-refractivity contribution in [3.8, 4) is 33.9 Å². The second-order valence-electron chi connectivity index (χ2n) is 6.96. The number of H-pyrrole nitrogens is 2. The van der Waals surface area contributed by atoms with E-state index in [1.165, 1.54) is 12.4 Å². The van der Waals surface area contributed by atoms with Gasteiger partial charge < -0.3 is 4.98 Å². The van der Waals surface area contributed by atoms with E-state index in [1.807, 2.05) is 24.3 Å². The van der Waals surface area contributed by atoms with Crippen LogP contribution in [0, 0.1) is 5.82 Å². The lowest BCUT2D eigenvalue weighted by Crippen LogP contribution is -1.87. The Kier molecular flexibility index (Phi) is 3.79. The number of rotatable bonds is 3. The molecule has 0 aliphatic rings. The van der Waals surface area contributed by atoms with Crippen LogP contribution in [0.25, 0.3) is 55.8 Å². The van der Waals surface area contributed by atoms with Crippen molar-refractivity contribution >= 4 is 21.9 Å². The van der Waals surface area contributed by atoms with Gasteiger partial charge in [0, 0.05) is 47.5 Å². The normalized spacial score (nSPS) is 11.4. The summed E-state index contributed by atoms with van der Waals surface area (Å²) in [5.41, 5.74) is 5.26. The smallest absolute Gasteiger partial charge is 0.157 e. The van der Waals surface area contributed by atoms with Gasteiger partial charge in [-0.1, -0.05) is 0 Å². The molecule has 148 valence electrons. The molecule has 6 rings (SSSR count). The summed E-state index contributed by atoms with van der Waals surface area (Å²) in [6.45, 7) is 0. The summed E-state index contributed by atoms with van der Waals surface area (Å²) in [5.74, 6) is 0.101. The summed E-state index contributed by atoms with van der Waals surface area (Å²) in [6, 6.07) is 8.90. The summed E-state index contributed by atoms with van der Waals surface area (Å²) < 4.78 is 14.8. The lowest BCUT2D eigenvalue weighted by molar-refractivity contribution is 0.636. The van der Waals surface area contributed by atoms with Crippen LogP contribution >= 0.6 is 0 Å². The van der Waals surface area contributed by atoms with Crippen molar-refractivity contribution in [2.24, 2.45) is 0 Å². The van der Waals surface area contributed by atoms with E-state index in [0.29, 0.717) is 39.2 Å². The first-order chi connectivity index (χ1) is 15.3. The van der Waals surface area contributed by atoms with Crippen LogP contribution in [0.5, 0.6) is 0 Å². The van der Waals surface area contributed by atoms with Crippen molar-refractivity contribution < 1.29 is 4.39 Å². The third kappa shape index (κ3) is 2.83. The van der Waals surface area contributed by atoms with E-state index < -0.39 is 5.82 Å². The molecule has 5 heterocycles. The van der Waals surface area contributed by atoms with Gasteiger partial charge in [0.2, 0.25) is 0 Å². The molecule has 1 aromatic carbocycles. The summed E-state index contributed by atoms with van der Waals surface area (Å²) in [7, 11) is 0. The van der Waals surface area contributed by atoms with Crippen molar-refractivity contribution in [2.75, 3.05) is 0 Å². The highest BCUT2D eigenvalue weighted by Gasteiger charge is 2.18. The number of nitrogens with zero attached hydrogens (tertiary/aromatic N) is 6. The Hall–Kier alpha value is -4.53. The van der Waals surface area contributed by atoms with Crippen LogP contribution in [0.3, 0.4) is 0 Å². The number of benzene rings is 1. The number of pyridine rings is 2. The molecule has 0 radical (unpaired) electrons. The minimum absolute atomic E-state index is 0.238. The molecule has 2 N–H and O–H groups in total. The summed E-state index contributed by atoms with van der Waals surface area (Å²) in [4.78, 5) is 24.7. The van der Waals surface area contributed by atoms with E-state index in [2.05, 4.69) is 35.1 Å². The van der Waals surface area contributed by atoms with Crippen molar-refractivity contribution in [1.82, 2.24) is 40.1 Å². The van der Waals surface area contributed by atoms with Gasteiger partial charge in [-0.3, -0.25) is 15.1 Å². The van der Waals surface area contributed by atoms with E-state index in [-0.39, 0.29) is 5.52 Å². The number of aromatic amines is 2. The Balaban J connectivity index is 1.55. The first-order valence-electron chi connectivity index (χ1n) is 9.46. The monoisotopic (exact) mass is 408 g/mol. The fourth-order valence-corrected chi connectivity index (χ4v) is 3.64. The number of aromatic nitrogens is 8. The zero-order valence-corrected chi connectivity index (χ0v) is 15.9. The maximum atomic E-state index is 14.8. The highest BCUT2D eigenvalue weighted by atomic mass is 19.1. The van der Waals surface area contributed by atoms with Crippen molar-refractivity contribution in [1.29, 1.82) is 0 Å². The summed E-state index contributed by atoms with van der Waals surface area (Å²) >= 11 is 0. The first kappa shape index (κ1) is 17.3. The SMILES string of the molecule is Fc1cc(-c2cncnc2)cc2c(-c3nc4c(-c5cccnc5)nccc4[nH]3)[nH]nc12. The zero-order valence-electron chi connectivity index (χ0n) is 15.9. The molecular weight excluding hydrogens is 395 g/mol. The molecule has 0 atom stereocenters. The van der Waals surface area contributed by atoms with Gasteiger partial charge in [-0.25, -0.2) is 19.3 Å². The molecule has 0 aliphatic carbocycles. The predicted molar refractivity (Wildman–Crippen MR) is 113 cm³/mol. The Labute approximate surface area is 174 Å². The Morgan fingerprint density at radius 3 is 2.55 bits per heavy atom. The molecule has 31 heavy (non-hydrogen) atoms. The van der Waals surface area contributed by atoms with Gasteiger partial charge in [0.1, 0.15) is 23.1 Å². The van der Waals surface area contributed by atoms with E-state index >= 15 is 0 Å². The van der Waals surface area contributed by atoms with Crippen molar-refractivity contribution in [3.63, 3.8) is 0 Å². The molecule has 8 nitrogen and oxygen atoms in total. The van der Waals surface area contributed by atoms with Gasteiger partial charge in [-0.05, 0) is 35.9 Å². The third-order valence-electron chi connectivity index (χ3n) is 5.08. The first-order valence-corrected chi connectivity index (χ1v) is 9.46. The van der Waals surface area contributed by atoms with Gasteiger partial charge >= 0.3 is 0 Å². The van der Waals surface area contributed by atoms with E-state index in [9.17, 15) is 4.39 Å². The molecule has 5 aromatic heterocycles. The molecule has 0 spiro atoms. The Bertz CT molecular complexity index is 1540. The number of halogens is 1. The van der Waals surface area contributed by atoms with Crippen LogP contribution in [0.1, 0.15) is 0 Å². The topological polar surface area (TPSA) is 109 Å². The van der Waals surface area contributed by atoms with Crippen LogP contribution in [0.4, 0.5) is 4.39 Å². The van der Waals surface area contributed by atoms with Crippen LogP contribution < -0.4 is 0 Å². The van der Waals surface area contributed by atoms with Crippen LogP contribution in [0.2, 0.25) is 0 Å². The van der Waals surface area contributed by atoms with Crippen molar-refractivity contribution in [2.45, 2.75) is 0 Å². The van der Waals surface area contributed by atoms with E-state index in [0.717, 1.165) is 11.1 Å². The largest absolute Gasteiger partial charge is 0.337 e. The molecule has 0 aliphatic heterocycles. The average molecular weight is 408 g/mol. The lowest BCUT2D eigenvalue weighted by Gasteiger charge is -2.02. The van der Waals surface area contributed by atoms with Gasteiger partial charge in [0.15, 0.2) is 11.6 Å². The van der Waals surface area contributed by atoms with Crippen LogP contribution in [-0.4, -0.2) is 40.1 Å². The fourth-order valence-electron chi connectivity index (χ4n) is 3.64.